The summed E-state index contributed by atoms with van der Waals surface area (Å²) in [5.74, 6) is -1.87. The molecule has 0 aromatic heterocycles. The van der Waals surface area contributed by atoms with Crippen molar-refractivity contribution in [3.05, 3.63) is 35.9 Å². The van der Waals surface area contributed by atoms with E-state index in [1.54, 1.807) is 0 Å². The van der Waals surface area contributed by atoms with E-state index in [4.69, 9.17) is 4.74 Å². The van der Waals surface area contributed by atoms with Crippen molar-refractivity contribution in [3.8, 4) is 0 Å². The number of carbonyl (C=O) groups is 3. The molecule has 1 aromatic carbocycles. The molecular weight excluding hydrogens is 288 g/mol. The quantitative estimate of drug-likeness (QED) is 0.802. The van der Waals surface area contributed by atoms with Gasteiger partial charge in [-0.05, 0) is 18.4 Å². The first kappa shape index (κ1) is 15.8. The van der Waals surface area contributed by atoms with E-state index >= 15 is 0 Å². The Bertz CT molecular complexity index is 546. The molecule has 118 valence electrons. The van der Waals surface area contributed by atoms with Crippen LogP contribution in [0, 0.1) is 0 Å². The van der Waals surface area contributed by atoms with Crippen molar-refractivity contribution < 1.29 is 24.2 Å². The number of aliphatic carboxylic acids is 1. The molecule has 1 aliphatic heterocycles. The number of nitrogens with one attached hydrogen (secondary N) is 1. The van der Waals surface area contributed by atoms with Gasteiger partial charge < -0.3 is 20.0 Å². The van der Waals surface area contributed by atoms with Crippen LogP contribution in [-0.2, 0) is 20.9 Å². The fourth-order valence-corrected chi connectivity index (χ4v) is 2.34. The van der Waals surface area contributed by atoms with Gasteiger partial charge in [0.25, 0.3) is 0 Å². The normalized spacial score (nSPS) is 17.1. The highest BCUT2D eigenvalue weighted by Crippen LogP contribution is 2.19. The van der Waals surface area contributed by atoms with Gasteiger partial charge in [-0.1, -0.05) is 30.3 Å². The Labute approximate surface area is 127 Å². The minimum absolute atomic E-state index is 0.129. The molecule has 0 radical (unpaired) electrons. The van der Waals surface area contributed by atoms with E-state index in [1.807, 2.05) is 30.3 Å². The van der Waals surface area contributed by atoms with Crippen LogP contribution < -0.4 is 10.4 Å². The fraction of sp³-hybridized carbons (Fsp3) is 0.400. The molecule has 7 heteroatoms. The predicted molar refractivity (Wildman–Crippen MR) is 74.4 cm³/mol. The maximum Gasteiger partial charge on any atom is 0.410 e. The second-order valence-electron chi connectivity index (χ2n) is 4.98. The molecule has 0 bridgehead atoms. The summed E-state index contributed by atoms with van der Waals surface area (Å²) in [6.07, 6.45) is 0.582. The van der Waals surface area contributed by atoms with Gasteiger partial charge in [-0.25, -0.2) is 4.79 Å². The number of likely N-dealkylation sites (tertiary alicyclic amines) is 1. The van der Waals surface area contributed by atoms with Crippen molar-refractivity contribution in [2.45, 2.75) is 25.5 Å². The first-order valence-corrected chi connectivity index (χ1v) is 7.03. The fourth-order valence-electron chi connectivity index (χ4n) is 2.34. The molecule has 7 nitrogen and oxygen atoms in total. The van der Waals surface area contributed by atoms with Gasteiger partial charge in [0.15, 0.2) is 0 Å². The number of benzene rings is 1. The van der Waals surface area contributed by atoms with E-state index in [9.17, 15) is 19.5 Å². The van der Waals surface area contributed by atoms with Crippen LogP contribution in [0.15, 0.2) is 30.3 Å². The van der Waals surface area contributed by atoms with Crippen molar-refractivity contribution >= 4 is 18.0 Å². The highest BCUT2D eigenvalue weighted by molar-refractivity contribution is 5.88. The lowest BCUT2D eigenvalue weighted by Gasteiger charge is -2.23. The summed E-state index contributed by atoms with van der Waals surface area (Å²) in [6, 6.07) is 8.53. The summed E-state index contributed by atoms with van der Waals surface area (Å²) in [5, 5.41) is 12.6. The van der Waals surface area contributed by atoms with Crippen LogP contribution in [0.2, 0.25) is 0 Å². The Balaban J connectivity index is 1.87. The summed E-state index contributed by atoms with van der Waals surface area (Å²) in [6.45, 7) is -0.0250. The topological polar surface area (TPSA) is 98.8 Å². The molecule has 1 aliphatic rings. The zero-order chi connectivity index (χ0) is 15.9. The molecule has 0 spiro atoms. The third-order valence-electron chi connectivity index (χ3n) is 3.40. The lowest BCUT2D eigenvalue weighted by atomic mass is 10.2. The number of amides is 2. The minimum Gasteiger partial charge on any atom is -0.548 e. The molecule has 22 heavy (non-hydrogen) atoms. The summed E-state index contributed by atoms with van der Waals surface area (Å²) in [5.41, 5.74) is 0.855. The first-order chi connectivity index (χ1) is 10.6. The molecular formula is C15H17N2O5-. The van der Waals surface area contributed by atoms with Crippen molar-refractivity contribution in [1.29, 1.82) is 0 Å². The Morgan fingerprint density at radius 3 is 2.68 bits per heavy atom. The van der Waals surface area contributed by atoms with Gasteiger partial charge in [0.05, 0.1) is 12.5 Å². The number of ether oxygens (including phenoxy) is 1. The molecule has 0 unspecified atom stereocenters. The van der Waals surface area contributed by atoms with Crippen LogP contribution >= 0.6 is 0 Å². The van der Waals surface area contributed by atoms with E-state index in [-0.39, 0.29) is 6.61 Å². The third-order valence-corrected chi connectivity index (χ3v) is 3.40. The first-order valence-electron chi connectivity index (χ1n) is 7.03. The van der Waals surface area contributed by atoms with Crippen molar-refractivity contribution in [1.82, 2.24) is 10.2 Å². The second-order valence-corrected chi connectivity index (χ2v) is 4.98. The molecule has 1 atom stereocenters. The highest BCUT2D eigenvalue weighted by Gasteiger charge is 2.34. The molecule has 1 N–H and O–H groups in total. The minimum atomic E-state index is -1.37. The average molecular weight is 305 g/mol. The molecule has 0 aliphatic carbocycles. The van der Waals surface area contributed by atoms with Crippen LogP contribution in [0.3, 0.4) is 0 Å². The Hall–Kier alpha value is -2.57. The second kappa shape index (κ2) is 7.44. The van der Waals surface area contributed by atoms with Gasteiger partial charge >= 0.3 is 6.09 Å². The lowest BCUT2D eigenvalue weighted by molar-refractivity contribution is -0.304. The summed E-state index contributed by atoms with van der Waals surface area (Å²) in [7, 11) is 0. The van der Waals surface area contributed by atoms with Crippen molar-refractivity contribution in [2.24, 2.45) is 0 Å². The summed E-state index contributed by atoms with van der Waals surface area (Å²) >= 11 is 0. The molecule has 2 amide bonds. The van der Waals surface area contributed by atoms with Gasteiger partial charge in [0.2, 0.25) is 5.91 Å². The Kier molecular flexibility index (Phi) is 5.35. The van der Waals surface area contributed by atoms with Crippen LogP contribution in [0.25, 0.3) is 0 Å². The molecule has 1 saturated heterocycles. The van der Waals surface area contributed by atoms with Crippen molar-refractivity contribution in [2.75, 3.05) is 13.1 Å². The van der Waals surface area contributed by atoms with E-state index in [0.717, 1.165) is 5.56 Å². The molecule has 1 heterocycles. The van der Waals surface area contributed by atoms with Gasteiger partial charge in [0, 0.05) is 6.54 Å². The van der Waals surface area contributed by atoms with Gasteiger partial charge in [0.1, 0.15) is 12.6 Å². The largest absolute Gasteiger partial charge is 0.548 e. The lowest BCUT2D eigenvalue weighted by Crippen LogP contribution is -2.48. The molecule has 0 saturated carbocycles. The van der Waals surface area contributed by atoms with E-state index in [2.05, 4.69) is 5.32 Å². The third kappa shape index (κ3) is 4.21. The maximum absolute atomic E-state index is 12.1. The number of hydrogen-bond donors (Lipinski definition) is 1. The number of carboxylic acids is 1. The van der Waals surface area contributed by atoms with Crippen LogP contribution in [0.4, 0.5) is 4.79 Å². The average Bonchev–Trinajstić information content (AvgIpc) is 3.01. The Morgan fingerprint density at radius 1 is 1.27 bits per heavy atom. The number of carbonyl (C=O) groups excluding carboxylic acids is 3. The van der Waals surface area contributed by atoms with Gasteiger partial charge in [-0.2, -0.15) is 0 Å². The summed E-state index contributed by atoms with van der Waals surface area (Å²) < 4.78 is 5.20. The van der Waals surface area contributed by atoms with Gasteiger partial charge in [-0.15, -0.1) is 0 Å². The molecule has 1 aromatic rings. The van der Waals surface area contributed by atoms with E-state index in [1.165, 1.54) is 4.90 Å². The SMILES string of the molecule is O=C([O-])CNC(=O)[C@@H]1CCCN1C(=O)OCc1ccccc1. The van der Waals surface area contributed by atoms with E-state index < -0.39 is 30.6 Å². The van der Waals surface area contributed by atoms with Crippen molar-refractivity contribution in [3.63, 3.8) is 0 Å². The maximum atomic E-state index is 12.1. The van der Waals surface area contributed by atoms with Gasteiger partial charge in [-0.3, -0.25) is 9.69 Å². The standard InChI is InChI=1S/C15H18N2O5/c18-13(19)9-16-14(20)12-7-4-8-17(12)15(21)22-10-11-5-2-1-3-6-11/h1-3,5-6,12H,4,7-10H2,(H,16,20)(H,18,19)/p-1/t12-/m0/s1. The number of carboxylic acid groups (broad SMARTS) is 1. The summed E-state index contributed by atoms with van der Waals surface area (Å²) in [4.78, 5) is 35.6. The van der Waals surface area contributed by atoms with E-state index in [0.29, 0.717) is 19.4 Å². The Morgan fingerprint density at radius 2 is 2.00 bits per heavy atom. The monoisotopic (exact) mass is 305 g/mol. The molecule has 2 rings (SSSR count). The van der Waals surface area contributed by atoms with Crippen LogP contribution in [-0.4, -0.2) is 42.0 Å². The molecule has 1 fully saturated rings. The number of rotatable bonds is 5. The predicted octanol–water partition coefficient (Wildman–Crippen LogP) is -0.346. The van der Waals surface area contributed by atoms with Crippen LogP contribution in [0.1, 0.15) is 18.4 Å². The number of nitrogens with zero attached hydrogens (tertiary/aromatic N) is 1. The highest BCUT2D eigenvalue weighted by atomic mass is 16.6. The number of hydrogen-bond acceptors (Lipinski definition) is 5. The smallest absolute Gasteiger partial charge is 0.410 e. The zero-order valence-corrected chi connectivity index (χ0v) is 12.0. The van der Waals surface area contributed by atoms with Crippen LogP contribution in [0.5, 0.6) is 0 Å². The zero-order valence-electron chi connectivity index (χ0n) is 12.0.